The van der Waals surface area contributed by atoms with Crippen LogP contribution >= 0.6 is 0 Å². The number of hydrogen-bond acceptors (Lipinski definition) is 7. The van der Waals surface area contributed by atoms with E-state index in [9.17, 15) is 20.4 Å². The van der Waals surface area contributed by atoms with E-state index in [2.05, 4.69) is 0 Å². The molecule has 0 bridgehead atoms. The van der Waals surface area contributed by atoms with Crippen LogP contribution in [0.2, 0.25) is 0 Å². The summed E-state index contributed by atoms with van der Waals surface area (Å²) in [6.45, 7) is 0.411. The molecule has 0 spiro atoms. The minimum atomic E-state index is -1.22. The maximum absolute atomic E-state index is 10.2. The van der Waals surface area contributed by atoms with Crippen molar-refractivity contribution in [3.8, 4) is 23.0 Å². The molecule has 0 aliphatic heterocycles. The molecule has 27 heavy (non-hydrogen) atoms. The van der Waals surface area contributed by atoms with E-state index in [0.717, 1.165) is 5.56 Å². The first-order chi connectivity index (χ1) is 13.0. The average Bonchev–Trinajstić information content (AvgIpc) is 2.65. The van der Waals surface area contributed by atoms with Gasteiger partial charge < -0.3 is 34.6 Å². The number of phenols is 2. The fourth-order valence-electron chi connectivity index (χ4n) is 2.40. The van der Waals surface area contributed by atoms with Gasteiger partial charge in [-0.3, -0.25) is 0 Å². The highest BCUT2D eigenvalue weighted by atomic mass is 16.5. The summed E-state index contributed by atoms with van der Waals surface area (Å²) in [5.74, 6) is -0.0631. The molecule has 0 aromatic heterocycles. The lowest BCUT2D eigenvalue weighted by Crippen LogP contribution is -2.23. The van der Waals surface area contributed by atoms with Crippen LogP contribution in [0.15, 0.2) is 42.5 Å². The van der Waals surface area contributed by atoms with Crippen molar-refractivity contribution < 1.29 is 34.6 Å². The molecule has 0 heterocycles. The Hall–Kier alpha value is -2.58. The van der Waals surface area contributed by atoms with Gasteiger partial charge in [-0.05, 0) is 35.4 Å². The van der Waals surface area contributed by atoms with E-state index in [1.165, 1.54) is 31.4 Å². The second-order valence-electron chi connectivity index (χ2n) is 5.88. The number of phenolic OH excluding ortho intramolecular Hbond substituents is 2. The van der Waals surface area contributed by atoms with Crippen molar-refractivity contribution in [2.24, 2.45) is 0 Å². The Bertz CT molecular complexity index is 773. The highest BCUT2D eigenvalue weighted by Gasteiger charge is 2.20. The van der Waals surface area contributed by atoms with Crippen molar-refractivity contribution in [3.63, 3.8) is 0 Å². The van der Waals surface area contributed by atoms with Crippen LogP contribution in [0.3, 0.4) is 0 Å². The van der Waals surface area contributed by atoms with Gasteiger partial charge in [-0.1, -0.05) is 24.3 Å². The quantitative estimate of drug-likeness (QED) is 0.533. The molecule has 2 aromatic rings. The molecule has 0 radical (unpaired) electrons. The summed E-state index contributed by atoms with van der Waals surface area (Å²) in [7, 11) is 3.00. The van der Waals surface area contributed by atoms with Gasteiger partial charge in [-0.15, -0.1) is 0 Å². The molecule has 0 aliphatic rings. The molecule has 7 nitrogen and oxygen atoms in total. The Balaban J connectivity index is 2.19. The van der Waals surface area contributed by atoms with Crippen LogP contribution in [-0.4, -0.2) is 54.0 Å². The molecule has 0 fully saturated rings. The van der Waals surface area contributed by atoms with E-state index in [0.29, 0.717) is 12.2 Å². The van der Waals surface area contributed by atoms with Gasteiger partial charge in [0, 0.05) is 14.2 Å². The molecule has 2 aromatic carbocycles. The summed E-state index contributed by atoms with van der Waals surface area (Å²) in [4.78, 5) is 0. The average molecular weight is 376 g/mol. The lowest BCUT2D eigenvalue weighted by Gasteiger charge is -2.18. The standard InChI is InChI=1S/C20H24O7/c1-25-9-3-4-13-5-7-15(21)19(10-13)27-18-8-6-14(11-16(18)22)20(24)17(23)12-26-2/h3-8,10-11,17,20-24H,9,12H2,1-2H3. The van der Waals surface area contributed by atoms with Crippen LogP contribution in [0.5, 0.6) is 23.0 Å². The van der Waals surface area contributed by atoms with Crippen molar-refractivity contribution in [3.05, 3.63) is 53.6 Å². The van der Waals surface area contributed by atoms with Gasteiger partial charge in [0.05, 0.1) is 13.2 Å². The van der Waals surface area contributed by atoms with Crippen molar-refractivity contribution in [2.45, 2.75) is 12.2 Å². The fourth-order valence-corrected chi connectivity index (χ4v) is 2.40. The van der Waals surface area contributed by atoms with Gasteiger partial charge >= 0.3 is 0 Å². The first kappa shape index (κ1) is 20.7. The molecule has 2 rings (SSSR count). The third-order valence-electron chi connectivity index (χ3n) is 3.80. The van der Waals surface area contributed by atoms with Crippen molar-refractivity contribution >= 4 is 6.08 Å². The SMILES string of the molecule is COCC=Cc1ccc(O)c(Oc2ccc(C(O)C(O)COC)cc2O)c1. The zero-order valence-electron chi connectivity index (χ0n) is 15.2. The van der Waals surface area contributed by atoms with Crippen molar-refractivity contribution in [1.82, 2.24) is 0 Å². The van der Waals surface area contributed by atoms with E-state index >= 15 is 0 Å². The lowest BCUT2D eigenvalue weighted by molar-refractivity contribution is -0.0273. The van der Waals surface area contributed by atoms with Gasteiger partial charge in [-0.2, -0.15) is 0 Å². The number of rotatable bonds is 9. The Morgan fingerprint density at radius 2 is 1.70 bits per heavy atom. The highest BCUT2D eigenvalue weighted by Crippen LogP contribution is 2.37. The van der Waals surface area contributed by atoms with Gasteiger partial charge in [0.1, 0.15) is 12.2 Å². The van der Waals surface area contributed by atoms with Gasteiger partial charge in [-0.25, -0.2) is 0 Å². The normalized spacial score (nSPS) is 13.6. The van der Waals surface area contributed by atoms with Crippen LogP contribution in [0.4, 0.5) is 0 Å². The largest absolute Gasteiger partial charge is 0.504 e. The number of aromatic hydroxyl groups is 2. The molecule has 4 N–H and O–H groups in total. The Kier molecular flexibility index (Phi) is 7.63. The van der Waals surface area contributed by atoms with E-state index in [1.807, 2.05) is 12.2 Å². The second kappa shape index (κ2) is 9.94. The topological polar surface area (TPSA) is 109 Å². The smallest absolute Gasteiger partial charge is 0.169 e. The van der Waals surface area contributed by atoms with Crippen molar-refractivity contribution in [2.75, 3.05) is 27.4 Å². The van der Waals surface area contributed by atoms with Gasteiger partial charge in [0.25, 0.3) is 0 Å². The summed E-state index contributed by atoms with van der Waals surface area (Å²) in [6.07, 6.45) is 1.29. The van der Waals surface area contributed by atoms with Crippen LogP contribution in [0, 0.1) is 0 Å². The maximum Gasteiger partial charge on any atom is 0.169 e. The minimum absolute atomic E-state index is 0.0442. The lowest BCUT2D eigenvalue weighted by atomic mass is 10.0. The minimum Gasteiger partial charge on any atom is -0.504 e. The predicted octanol–water partition coefficient (Wildman–Crippen LogP) is 2.59. The third-order valence-corrected chi connectivity index (χ3v) is 3.80. The molecule has 0 amide bonds. The maximum atomic E-state index is 10.2. The first-order valence-electron chi connectivity index (χ1n) is 8.30. The zero-order chi connectivity index (χ0) is 19.8. The summed E-state index contributed by atoms with van der Waals surface area (Å²) >= 11 is 0. The summed E-state index contributed by atoms with van der Waals surface area (Å²) in [5.41, 5.74) is 1.10. The number of aliphatic hydroxyl groups excluding tert-OH is 2. The molecule has 7 heteroatoms. The number of benzene rings is 2. The Morgan fingerprint density at radius 1 is 0.926 bits per heavy atom. The Labute approximate surface area is 157 Å². The van der Waals surface area contributed by atoms with Crippen LogP contribution < -0.4 is 4.74 Å². The van der Waals surface area contributed by atoms with Gasteiger partial charge in [0.2, 0.25) is 0 Å². The fraction of sp³-hybridized carbons (Fsp3) is 0.300. The molecule has 2 unspecified atom stereocenters. The van der Waals surface area contributed by atoms with Crippen LogP contribution in [0.25, 0.3) is 6.08 Å². The van der Waals surface area contributed by atoms with E-state index < -0.39 is 12.2 Å². The van der Waals surface area contributed by atoms with Gasteiger partial charge in [0.15, 0.2) is 23.0 Å². The second-order valence-corrected chi connectivity index (χ2v) is 5.88. The van der Waals surface area contributed by atoms with E-state index in [1.54, 1.807) is 19.2 Å². The van der Waals surface area contributed by atoms with Crippen molar-refractivity contribution in [1.29, 1.82) is 0 Å². The van der Waals surface area contributed by atoms with E-state index in [-0.39, 0.29) is 29.6 Å². The summed E-state index contributed by atoms with van der Waals surface area (Å²) in [5, 5.41) is 40.0. The number of aliphatic hydroxyl groups is 2. The molecule has 0 aliphatic carbocycles. The predicted molar refractivity (Wildman–Crippen MR) is 100 cm³/mol. The van der Waals surface area contributed by atoms with Crippen LogP contribution in [0.1, 0.15) is 17.2 Å². The van der Waals surface area contributed by atoms with Crippen LogP contribution in [-0.2, 0) is 9.47 Å². The molecular weight excluding hydrogens is 352 g/mol. The molecule has 2 atom stereocenters. The highest BCUT2D eigenvalue weighted by molar-refractivity contribution is 5.57. The molecule has 0 saturated carbocycles. The summed E-state index contributed by atoms with van der Waals surface area (Å²) in [6, 6.07) is 9.06. The molecular formula is C20H24O7. The number of ether oxygens (including phenoxy) is 3. The molecule has 146 valence electrons. The molecule has 0 saturated heterocycles. The number of hydrogen-bond donors (Lipinski definition) is 4. The number of methoxy groups -OCH3 is 2. The Morgan fingerprint density at radius 3 is 2.37 bits per heavy atom. The first-order valence-corrected chi connectivity index (χ1v) is 8.30. The zero-order valence-corrected chi connectivity index (χ0v) is 15.2. The monoisotopic (exact) mass is 376 g/mol. The van der Waals surface area contributed by atoms with E-state index in [4.69, 9.17) is 14.2 Å². The third kappa shape index (κ3) is 5.70. The summed E-state index contributed by atoms with van der Waals surface area (Å²) < 4.78 is 15.3.